The summed E-state index contributed by atoms with van der Waals surface area (Å²) in [5, 5.41) is 3.48. The first-order valence-electron chi connectivity index (χ1n) is 7.39. The molecule has 2 aliphatic rings. The molecular weight excluding hydrogens is 212 g/mol. The van der Waals surface area contributed by atoms with Crippen LogP contribution in [0.4, 0.5) is 0 Å². The zero-order chi connectivity index (χ0) is 11.9. The molecule has 0 radical (unpaired) electrons. The predicted molar refractivity (Wildman–Crippen MR) is 71.3 cm³/mol. The molecule has 2 rings (SSSR count). The molecule has 1 N–H and O–H groups in total. The minimum Gasteiger partial charge on any atom is -0.377 e. The van der Waals surface area contributed by atoms with Crippen molar-refractivity contribution < 1.29 is 4.74 Å². The minimum atomic E-state index is 0.561. The van der Waals surface area contributed by atoms with E-state index in [9.17, 15) is 0 Å². The van der Waals surface area contributed by atoms with Crippen LogP contribution in [0.25, 0.3) is 0 Å². The van der Waals surface area contributed by atoms with Gasteiger partial charge in [-0.3, -0.25) is 4.90 Å². The van der Waals surface area contributed by atoms with Gasteiger partial charge in [-0.05, 0) is 25.3 Å². The van der Waals surface area contributed by atoms with Gasteiger partial charge in [-0.2, -0.15) is 0 Å². The first kappa shape index (κ1) is 13.3. The number of hydrogen-bond donors (Lipinski definition) is 1. The normalized spacial score (nSPS) is 29.1. The fraction of sp³-hybridized carbons (Fsp3) is 1.00. The molecule has 0 aromatic heterocycles. The average molecular weight is 240 g/mol. The van der Waals surface area contributed by atoms with E-state index in [0.29, 0.717) is 6.10 Å². The van der Waals surface area contributed by atoms with Crippen LogP contribution in [0.5, 0.6) is 0 Å². The van der Waals surface area contributed by atoms with Gasteiger partial charge in [0.15, 0.2) is 0 Å². The van der Waals surface area contributed by atoms with Crippen LogP contribution in [0.1, 0.15) is 39.0 Å². The topological polar surface area (TPSA) is 24.5 Å². The third-order valence-electron chi connectivity index (χ3n) is 3.98. The Morgan fingerprint density at radius 1 is 1.24 bits per heavy atom. The fourth-order valence-corrected chi connectivity index (χ4v) is 2.97. The number of nitrogens with one attached hydrogen (secondary N) is 1. The first-order chi connectivity index (χ1) is 8.34. The van der Waals surface area contributed by atoms with Crippen LogP contribution in [-0.4, -0.2) is 50.3 Å². The van der Waals surface area contributed by atoms with Gasteiger partial charge in [0, 0.05) is 26.2 Å². The lowest BCUT2D eigenvalue weighted by molar-refractivity contribution is 0.0159. The van der Waals surface area contributed by atoms with E-state index in [-0.39, 0.29) is 0 Å². The van der Waals surface area contributed by atoms with Gasteiger partial charge in [0.1, 0.15) is 0 Å². The molecule has 1 unspecified atom stereocenters. The Bertz CT molecular complexity index is 204. The van der Waals surface area contributed by atoms with Gasteiger partial charge >= 0.3 is 0 Å². The van der Waals surface area contributed by atoms with E-state index in [4.69, 9.17) is 4.74 Å². The molecule has 1 atom stereocenters. The average Bonchev–Trinajstić information content (AvgIpc) is 2.55. The fourth-order valence-electron chi connectivity index (χ4n) is 2.97. The summed E-state index contributed by atoms with van der Waals surface area (Å²) < 4.78 is 6.00. The molecule has 1 aliphatic carbocycles. The molecular formula is C14H28N2O. The second-order valence-corrected chi connectivity index (χ2v) is 5.74. The van der Waals surface area contributed by atoms with Gasteiger partial charge in [-0.1, -0.05) is 26.2 Å². The van der Waals surface area contributed by atoms with Crippen LogP contribution in [0.2, 0.25) is 0 Å². The number of nitrogens with zero attached hydrogens (tertiary/aromatic N) is 1. The van der Waals surface area contributed by atoms with Crippen molar-refractivity contribution in [2.24, 2.45) is 5.92 Å². The van der Waals surface area contributed by atoms with Crippen molar-refractivity contribution in [3.63, 3.8) is 0 Å². The highest BCUT2D eigenvalue weighted by atomic mass is 16.5. The van der Waals surface area contributed by atoms with Gasteiger partial charge in [0.2, 0.25) is 0 Å². The maximum atomic E-state index is 6.00. The summed E-state index contributed by atoms with van der Waals surface area (Å²) in [7, 11) is 0. The summed E-state index contributed by atoms with van der Waals surface area (Å²) in [6.45, 7) is 9.07. The van der Waals surface area contributed by atoms with E-state index in [1.54, 1.807) is 0 Å². The van der Waals surface area contributed by atoms with Crippen molar-refractivity contribution in [2.45, 2.75) is 45.1 Å². The molecule has 0 spiro atoms. The van der Waals surface area contributed by atoms with E-state index >= 15 is 0 Å². The number of hydrogen-bond acceptors (Lipinski definition) is 3. The molecule has 1 aliphatic heterocycles. The Kier molecular flexibility index (Phi) is 5.75. The van der Waals surface area contributed by atoms with E-state index in [1.165, 1.54) is 51.7 Å². The van der Waals surface area contributed by atoms with Crippen LogP contribution < -0.4 is 5.32 Å². The molecule has 17 heavy (non-hydrogen) atoms. The molecule has 3 nitrogen and oxygen atoms in total. The van der Waals surface area contributed by atoms with Crippen molar-refractivity contribution in [1.29, 1.82) is 0 Å². The number of rotatable bonds is 4. The Hall–Kier alpha value is -0.120. The lowest BCUT2D eigenvalue weighted by atomic mass is 9.98. The van der Waals surface area contributed by atoms with E-state index < -0.39 is 0 Å². The Balaban J connectivity index is 1.59. The molecule has 100 valence electrons. The maximum Gasteiger partial charge on any atom is 0.0597 e. The molecule has 3 heteroatoms. The van der Waals surface area contributed by atoms with Gasteiger partial charge < -0.3 is 10.1 Å². The van der Waals surface area contributed by atoms with E-state index in [0.717, 1.165) is 25.6 Å². The summed E-state index contributed by atoms with van der Waals surface area (Å²) in [5.41, 5.74) is 0. The van der Waals surface area contributed by atoms with Gasteiger partial charge in [-0.15, -0.1) is 0 Å². The molecule has 2 fully saturated rings. The van der Waals surface area contributed by atoms with Crippen molar-refractivity contribution in [1.82, 2.24) is 10.2 Å². The molecule has 0 aromatic rings. The third kappa shape index (κ3) is 4.94. The lowest BCUT2D eigenvalue weighted by Crippen LogP contribution is -2.33. The quantitative estimate of drug-likeness (QED) is 0.812. The smallest absolute Gasteiger partial charge is 0.0597 e. The lowest BCUT2D eigenvalue weighted by Gasteiger charge is -2.25. The van der Waals surface area contributed by atoms with Gasteiger partial charge in [0.05, 0.1) is 12.7 Å². The van der Waals surface area contributed by atoms with E-state index in [2.05, 4.69) is 17.1 Å². The van der Waals surface area contributed by atoms with Crippen molar-refractivity contribution in [3.05, 3.63) is 0 Å². The van der Waals surface area contributed by atoms with Gasteiger partial charge in [-0.25, -0.2) is 0 Å². The maximum absolute atomic E-state index is 6.00. The summed E-state index contributed by atoms with van der Waals surface area (Å²) in [6, 6.07) is 0. The Morgan fingerprint density at radius 2 is 2.06 bits per heavy atom. The first-order valence-corrected chi connectivity index (χ1v) is 7.39. The highest BCUT2D eigenvalue weighted by molar-refractivity contribution is 4.71. The molecule has 0 aromatic carbocycles. The van der Waals surface area contributed by atoms with Crippen LogP contribution in [0, 0.1) is 5.92 Å². The Morgan fingerprint density at radius 3 is 2.88 bits per heavy atom. The van der Waals surface area contributed by atoms with Crippen LogP contribution in [0.3, 0.4) is 0 Å². The summed E-state index contributed by atoms with van der Waals surface area (Å²) in [5.74, 6) is 0.771. The zero-order valence-electron chi connectivity index (χ0n) is 11.3. The monoisotopic (exact) mass is 240 g/mol. The highest BCUT2D eigenvalue weighted by Gasteiger charge is 2.16. The predicted octanol–water partition coefficient (Wildman–Crippen LogP) is 1.88. The molecule has 0 amide bonds. The van der Waals surface area contributed by atoms with Gasteiger partial charge in [0.25, 0.3) is 0 Å². The minimum absolute atomic E-state index is 0.561. The van der Waals surface area contributed by atoms with E-state index in [1.807, 2.05) is 0 Å². The van der Waals surface area contributed by atoms with Crippen molar-refractivity contribution in [3.8, 4) is 0 Å². The van der Waals surface area contributed by atoms with Crippen molar-refractivity contribution in [2.75, 3.05) is 39.3 Å². The second kappa shape index (κ2) is 7.34. The summed E-state index contributed by atoms with van der Waals surface area (Å²) in [4.78, 5) is 2.55. The van der Waals surface area contributed by atoms with Crippen molar-refractivity contribution >= 4 is 0 Å². The largest absolute Gasteiger partial charge is 0.377 e. The van der Waals surface area contributed by atoms with Crippen LogP contribution in [-0.2, 0) is 4.74 Å². The molecule has 0 bridgehead atoms. The second-order valence-electron chi connectivity index (χ2n) is 5.74. The third-order valence-corrected chi connectivity index (χ3v) is 3.98. The molecule has 1 heterocycles. The molecule has 1 saturated heterocycles. The van der Waals surface area contributed by atoms with Crippen LogP contribution in [0.15, 0.2) is 0 Å². The summed E-state index contributed by atoms with van der Waals surface area (Å²) in [6.07, 6.45) is 7.29. The molecule has 1 saturated carbocycles. The standard InChI is InChI=1S/C14H28N2O/c1-13-11-15-7-8-16(12-13)9-10-17-14-5-3-2-4-6-14/h13-15H,2-12H2,1H3. The Labute approximate surface area is 106 Å². The van der Waals surface area contributed by atoms with Crippen LogP contribution >= 0.6 is 0 Å². The summed E-state index contributed by atoms with van der Waals surface area (Å²) >= 11 is 0. The highest BCUT2D eigenvalue weighted by Crippen LogP contribution is 2.20. The SMILES string of the molecule is CC1CNCCN(CCOC2CCCCC2)C1. The zero-order valence-corrected chi connectivity index (χ0v) is 11.3. The number of ether oxygens (including phenoxy) is 1.